The molecule has 5 rings (SSSR count). The van der Waals surface area contributed by atoms with E-state index in [0.29, 0.717) is 36.6 Å². The first-order valence-corrected chi connectivity index (χ1v) is 12.8. The molecular formula is C23H20FN3O4S2. The molecule has 0 bridgehead atoms. The minimum absolute atomic E-state index is 0.0468. The van der Waals surface area contributed by atoms with Crippen molar-refractivity contribution in [2.45, 2.75) is 24.3 Å². The van der Waals surface area contributed by atoms with Gasteiger partial charge < -0.3 is 9.64 Å². The average Bonchev–Trinajstić information content (AvgIpc) is 3.41. The lowest BCUT2D eigenvalue weighted by atomic mass is 9.97. The van der Waals surface area contributed by atoms with Crippen molar-refractivity contribution in [3.8, 4) is 10.6 Å². The second-order valence-corrected chi connectivity index (χ2v) is 10.4. The van der Waals surface area contributed by atoms with E-state index in [1.807, 2.05) is 10.3 Å². The summed E-state index contributed by atoms with van der Waals surface area (Å²) in [5.41, 5.74) is 2.00. The maximum Gasteiger partial charge on any atom is 0.311 e. The second-order valence-electron chi connectivity index (χ2n) is 7.93. The number of sulfonamides is 1. The summed E-state index contributed by atoms with van der Waals surface area (Å²) in [4.78, 5) is 19.3. The monoisotopic (exact) mass is 485 g/mol. The molecule has 0 aliphatic carbocycles. The Hall–Kier alpha value is -3.11. The summed E-state index contributed by atoms with van der Waals surface area (Å²) in [6.07, 6.45) is 1.39. The molecule has 1 unspecified atom stereocenters. The van der Waals surface area contributed by atoms with Crippen LogP contribution in [-0.2, 0) is 26.2 Å². The lowest BCUT2D eigenvalue weighted by molar-refractivity contribution is -0.151. The van der Waals surface area contributed by atoms with Gasteiger partial charge in [0.1, 0.15) is 22.3 Å². The first kappa shape index (κ1) is 21.7. The van der Waals surface area contributed by atoms with Gasteiger partial charge in [0.25, 0.3) is 10.0 Å². The zero-order chi connectivity index (χ0) is 23.0. The molecular weight excluding hydrogens is 465 g/mol. The van der Waals surface area contributed by atoms with Crippen LogP contribution in [0, 0.1) is 11.7 Å². The van der Waals surface area contributed by atoms with Crippen molar-refractivity contribution in [1.29, 1.82) is 0 Å². The number of hydrogen-bond acceptors (Lipinski definition) is 7. The summed E-state index contributed by atoms with van der Waals surface area (Å²) in [5.74, 6) is -0.639. The summed E-state index contributed by atoms with van der Waals surface area (Å²) < 4.78 is 47.3. The van der Waals surface area contributed by atoms with Crippen LogP contribution < -0.4 is 0 Å². The number of fused-ring (bicyclic) bond motifs is 1. The standard InChI is InChI=1S/C23H20FN3O4S2/c24-17-9-7-15(8-10-17)22-25-18(14-32-22)13-31-23(28)16-4-3-11-27(12-16)21-19-5-1-2-6-20(19)33(29,30)26-21/h1-2,5-10,14,16H,3-4,11-13H2. The van der Waals surface area contributed by atoms with Gasteiger partial charge >= 0.3 is 5.97 Å². The highest BCUT2D eigenvalue weighted by molar-refractivity contribution is 7.90. The van der Waals surface area contributed by atoms with E-state index in [1.165, 1.54) is 23.5 Å². The summed E-state index contributed by atoms with van der Waals surface area (Å²) >= 11 is 1.40. The van der Waals surface area contributed by atoms with Crippen LogP contribution in [0.15, 0.2) is 63.2 Å². The smallest absolute Gasteiger partial charge is 0.311 e. The number of carbonyl (C=O) groups is 1. The molecule has 10 heteroatoms. The molecule has 1 fully saturated rings. The number of piperidine rings is 1. The van der Waals surface area contributed by atoms with Gasteiger partial charge in [0.05, 0.1) is 11.6 Å². The minimum atomic E-state index is -3.71. The Morgan fingerprint density at radius 2 is 1.97 bits per heavy atom. The quantitative estimate of drug-likeness (QED) is 0.522. The van der Waals surface area contributed by atoms with E-state index in [4.69, 9.17) is 4.74 Å². The lowest BCUT2D eigenvalue weighted by Crippen LogP contribution is -2.42. The maximum atomic E-state index is 13.1. The fourth-order valence-corrected chi connectivity index (χ4v) is 6.08. The van der Waals surface area contributed by atoms with E-state index in [-0.39, 0.29) is 29.2 Å². The van der Waals surface area contributed by atoms with Crippen molar-refractivity contribution >= 4 is 33.2 Å². The van der Waals surface area contributed by atoms with Crippen LogP contribution in [0.2, 0.25) is 0 Å². The van der Waals surface area contributed by atoms with Gasteiger partial charge in [-0.15, -0.1) is 15.7 Å². The molecule has 1 saturated heterocycles. The number of carbonyl (C=O) groups excluding carboxylic acids is 1. The Balaban J connectivity index is 1.23. The van der Waals surface area contributed by atoms with Crippen molar-refractivity contribution in [2.24, 2.45) is 10.3 Å². The summed E-state index contributed by atoms with van der Waals surface area (Å²) in [5, 5.41) is 2.54. The Morgan fingerprint density at radius 3 is 2.79 bits per heavy atom. The van der Waals surface area contributed by atoms with E-state index in [2.05, 4.69) is 9.38 Å². The lowest BCUT2D eigenvalue weighted by Gasteiger charge is -2.32. The molecule has 1 aromatic heterocycles. The summed E-state index contributed by atoms with van der Waals surface area (Å²) in [7, 11) is -3.71. The molecule has 7 nitrogen and oxygen atoms in total. The first-order valence-electron chi connectivity index (χ1n) is 10.5. The van der Waals surface area contributed by atoms with E-state index in [9.17, 15) is 17.6 Å². The van der Waals surface area contributed by atoms with Crippen LogP contribution >= 0.6 is 11.3 Å². The Bertz CT molecular complexity index is 1340. The Kier molecular flexibility index (Phi) is 5.71. The van der Waals surface area contributed by atoms with Gasteiger partial charge in [0, 0.05) is 29.6 Å². The summed E-state index contributed by atoms with van der Waals surface area (Å²) in [6, 6.07) is 12.8. The molecule has 0 amide bonds. The van der Waals surface area contributed by atoms with Crippen molar-refractivity contribution in [3.05, 3.63) is 71.0 Å². The molecule has 0 saturated carbocycles. The number of likely N-dealkylation sites (tertiary alicyclic amines) is 1. The van der Waals surface area contributed by atoms with Crippen LogP contribution in [0.4, 0.5) is 4.39 Å². The molecule has 2 aliphatic heterocycles. The molecule has 2 aromatic carbocycles. The van der Waals surface area contributed by atoms with Gasteiger partial charge in [-0.3, -0.25) is 4.79 Å². The van der Waals surface area contributed by atoms with Gasteiger partial charge in [-0.05, 0) is 49.2 Å². The van der Waals surface area contributed by atoms with E-state index < -0.39 is 10.0 Å². The van der Waals surface area contributed by atoms with Crippen molar-refractivity contribution in [1.82, 2.24) is 9.88 Å². The number of aromatic nitrogens is 1. The number of benzene rings is 2. The fraction of sp³-hybridized carbons (Fsp3) is 0.261. The van der Waals surface area contributed by atoms with Crippen LogP contribution in [0.5, 0.6) is 0 Å². The molecule has 1 atom stereocenters. The first-order chi connectivity index (χ1) is 15.9. The number of halogens is 1. The van der Waals surface area contributed by atoms with Crippen molar-refractivity contribution in [2.75, 3.05) is 13.1 Å². The SMILES string of the molecule is O=C(OCc1csc(-c2ccc(F)cc2)n1)C1CCCN(C2=NS(=O)(=O)c3ccccc32)C1. The molecule has 0 N–H and O–H groups in total. The third-order valence-corrected chi connectivity index (χ3v) is 7.94. The van der Waals surface area contributed by atoms with Crippen LogP contribution in [0.3, 0.4) is 0 Å². The number of rotatable bonds is 4. The number of nitrogens with zero attached hydrogens (tertiary/aromatic N) is 3. The van der Waals surface area contributed by atoms with Crippen LogP contribution in [0.1, 0.15) is 24.1 Å². The summed E-state index contributed by atoms with van der Waals surface area (Å²) in [6.45, 7) is 1.02. The van der Waals surface area contributed by atoms with Gasteiger partial charge in [-0.2, -0.15) is 8.42 Å². The largest absolute Gasteiger partial charge is 0.459 e. The second kappa shape index (κ2) is 8.68. The molecule has 3 heterocycles. The number of ether oxygens (including phenoxy) is 1. The number of amidine groups is 1. The van der Waals surface area contributed by atoms with E-state index >= 15 is 0 Å². The fourth-order valence-electron chi connectivity index (χ4n) is 4.04. The molecule has 2 aliphatic rings. The molecule has 3 aromatic rings. The van der Waals surface area contributed by atoms with Gasteiger partial charge in [-0.1, -0.05) is 12.1 Å². The predicted molar refractivity (Wildman–Crippen MR) is 122 cm³/mol. The van der Waals surface area contributed by atoms with E-state index in [1.54, 1.807) is 36.4 Å². The Labute approximate surface area is 194 Å². The minimum Gasteiger partial charge on any atom is -0.459 e. The van der Waals surface area contributed by atoms with Gasteiger partial charge in [0.15, 0.2) is 5.84 Å². The molecule has 170 valence electrons. The number of hydrogen-bond donors (Lipinski definition) is 0. The zero-order valence-corrected chi connectivity index (χ0v) is 19.1. The number of thiazole rings is 1. The third kappa shape index (κ3) is 4.40. The predicted octanol–water partition coefficient (Wildman–Crippen LogP) is 3.85. The van der Waals surface area contributed by atoms with Crippen LogP contribution in [0.25, 0.3) is 10.6 Å². The highest BCUT2D eigenvalue weighted by Crippen LogP contribution is 2.30. The zero-order valence-electron chi connectivity index (χ0n) is 17.5. The normalized spacial score (nSPS) is 19.1. The average molecular weight is 486 g/mol. The van der Waals surface area contributed by atoms with E-state index in [0.717, 1.165) is 17.0 Å². The Morgan fingerprint density at radius 1 is 1.18 bits per heavy atom. The molecule has 33 heavy (non-hydrogen) atoms. The highest BCUT2D eigenvalue weighted by atomic mass is 32.2. The topological polar surface area (TPSA) is 88.9 Å². The number of esters is 1. The van der Waals surface area contributed by atoms with Gasteiger partial charge in [0.2, 0.25) is 0 Å². The maximum absolute atomic E-state index is 13.1. The van der Waals surface area contributed by atoms with Gasteiger partial charge in [-0.25, -0.2) is 9.37 Å². The molecule has 0 radical (unpaired) electrons. The highest BCUT2D eigenvalue weighted by Gasteiger charge is 2.35. The van der Waals surface area contributed by atoms with Crippen molar-refractivity contribution < 1.29 is 22.3 Å². The van der Waals surface area contributed by atoms with Crippen molar-refractivity contribution in [3.63, 3.8) is 0 Å². The van der Waals surface area contributed by atoms with Crippen LogP contribution in [-0.4, -0.2) is 43.2 Å². The third-order valence-electron chi connectivity index (χ3n) is 5.67. The molecule has 0 spiro atoms.